The summed E-state index contributed by atoms with van der Waals surface area (Å²) in [5.74, 6) is -0.493. The van der Waals surface area contributed by atoms with Crippen LogP contribution in [0.25, 0.3) is 0 Å². The molecule has 0 aliphatic heterocycles. The molecule has 0 aromatic carbocycles. The maximum absolute atomic E-state index is 12.8. The van der Waals surface area contributed by atoms with E-state index in [9.17, 15) is 26.4 Å². The van der Waals surface area contributed by atoms with E-state index in [1.807, 2.05) is 0 Å². The van der Waals surface area contributed by atoms with E-state index in [-0.39, 0.29) is 0 Å². The Balaban J connectivity index is 1.66. The number of hydrogen-bond donors (Lipinski definition) is 1. The van der Waals surface area contributed by atoms with Crippen LogP contribution in [0.2, 0.25) is 0 Å². The van der Waals surface area contributed by atoms with Crippen LogP contribution in [0, 0.1) is 17.8 Å². The SMILES string of the molecule is O=C(OC(CS(=O)(=O)O)C(F)(F)F)OC12CC3CC(CC(C3)C1)C2. The Hall–Kier alpha value is -1.03. The summed E-state index contributed by atoms with van der Waals surface area (Å²) >= 11 is 0. The molecule has 0 saturated heterocycles. The highest BCUT2D eigenvalue weighted by molar-refractivity contribution is 7.85. The first-order chi connectivity index (χ1) is 10.9. The molecule has 0 heterocycles. The highest BCUT2D eigenvalue weighted by atomic mass is 32.2. The van der Waals surface area contributed by atoms with Gasteiger partial charge in [-0.15, -0.1) is 0 Å². The summed E-state index contributed by atoms with van der Waals surface area (Å²) in [6.07, 6.45) is -4.56. The number of carbonyl (C=O) groups is 1. The third-order valence-electron chi connectivity index (χ3n) is 5.25. The summed E-state index contributed by atoms with van der Waals surface area (Å²) in [7, 11) is -4.96. The van der Waals surface area contributed by atoms with E-state index in [1.54, 1.807) is 0 Å². The van der Waals surface area contributed by atoms with Gasteiger partial charge in [-0.25, -0.2) is 4.79 Å². The van der Waals surface area contributed by atoms with Crippen LogP contribution in [-0.2, 0) is 19.6 Å². The summed E-state index contributed by atoms with van der Waals surface area (Å²) in [5, 5.41) is 0. The molecule has 10 heteroatoms. The van der Waals surface area contributed by atoms with Crippen LogP contribution in [0.4, 0.5) is 18.0 Å². The molecule has 0 aromatic rings. The van der Waals surface area contributed by atoms with Gasteiger partial charge in [-0.3, -0.25) is 4.55 Å². The third-order valence-corrected chi connectivity index (χ3v) is 5.97. The van der Waals surface area contributed by atoms with Crippen LogP contribution in [0.5, 0.6) is 0 Å². The number of halogens is 3. The van der Waals surface area contributed by atoms with Gasteiger partial charge in [-0.2, -0.15) is 21.6 Å². The molecule has 4 rings (SSSR count). The van der Waals surface area contributed by atoms with Crippen LogP contribution in [0.1, 0.15) is 38.5 Å². The molecule has 24 heavy (non-hydrogen) atoms. The first-order valence-electron chi connectivity index (χ1n) is 7.86. The quantitative estimate of drug-likeness (QED) is 0.603. The lowest BCUT2D eigenvalue weighted by Crippen LogP contribution is -2.53. The smallest absolute Gasteiger partial charge is 0.428 e. The molecular formula is C14H19F3O6S. The van der Waals surface area contributed by atoms with Crippen LogP contribution in [0.3, 0.4) is 0 Å². The predicted molar refractivity (Wildman–Crippen MR) is 74.7 cm³/mol. The molecule has 0 aromatic heterocycles. The Kier molecular flexibility index (Phi) is 4.26. The van der Waals surface area contributed by atoms with E-state index in [2.05, 4.69) is 4.74 Å². The first-order valence-corrected chi connectivity index (χ1v) is 9.46. The van der Waals surface area contributed by atoms with Gasteiger partial charge in [-0.1, -0.05) is 0 Å². The topological polar surface area (TPSA) is 89.9 Å². The van der Waals surface area contributed by atoms with Gasteiger partial charge in [-0.05, 0) is 56.3 Å². The number of hydrogen-bond acceptors (Lipinski definition) is 5. The Labute approximate surface area is 137 Å². The number of carbonyl (C=O) groups excluding carboxylic acids is 1. The molecule has 4 aliphatic carbocycles. The molecule has 0 amide bonds. The van der Waals surface area contributed by atoms with Gasteiger partial charge >= 0.3 is 12.3 Å². The third kappa shape index (κ3) is 3.96. The Morgan fingerprint density at radius 2 is 1.58 bits per heavy atom. The average Bonchev–Trinajstić information content (AvgIpc) is 2.32. The summed E-state index contributed by atoms with van der Waals surface area (Å²) in [4.78, 5) is 11.8. The number of alkyl halides is 3. The summed E-state index contributed by atoms with van der Waals surface area (Å²) in [5.41, 5.74) is -0.792. The standard InChI is InChI=1S/C14H19F3O6S/c15-14(16,17)11(7-24(19,20)21)22-12(18)23-13-4-8-1-9(5-13)3-10(2-8)6-13/h8-11H,1-7H2,(H,19,20,21). The lowest BCUT2D eigenvalue weighted by atomic mass is 9.54. The molecule has 4 fully saturated rings. The van der Waals surface area contributed by atoms with E-state index >= 15 is 0 Å². The van der Waals surface area contributed by atoms with Crippen molar-refractivity contribution in [2.75, 3.05) is 5.75 Å². The maximum Gasteiger partial charge on any atom is 0.509 e. The van der Waals surface area contributed by atoms with Crippen molar-refractivity contribution in [1.29, 1.82) is 0 Å². The van der Waals surface area contributed by atoms with E-state index in [4.69, 9.17) is 9.29 Å². The van der Waals surface area contributed by atoms with Gasteiger partial charge in [0, 0.05) is 0 Å². The zero-order valence-corrected chi connectivity index (χ0v) is 13.6. The zero-order chi connectivity index (χ0) is 17.8. The van der Waals surface area contributed by atoms with Crippen molar-refractivity contribution in [2.24, 2.45) is 17.8 Å². The minimum absolute atomic E-state index is 0.417. The summed E-state index contributed by atoms with van der Waals surface area (Å²) < 4.78 is 77.9. The van der Waals surface area contributed by atoms with Crippen LogP contribution >= 0.6 is 0 Å². The van der Waals surface area contributed by atoms with Crippen LogP contribution in [0.15, 0.2) is 0 Å². The summed E-state index contributed by atoms with van der Waals surface area (Å²) in [6.45, 7) is 0. The fourth-order valence-corrected chi connectivity index (χ4v) is 5.50. The zero-order valence-electron chi connectivity index (χ0n) is 12.8. The predicted octanol–water partition coefficient (Wildman–Crippen LogP) is 2.93. The van der Waals surface area contributed by atoms with Crippen molar-refractivity contribution in [2.45, 2.75) is 56.4 Å². The molecule has 0 radical (unpaired) electrons. The van der Waals surface area contributed by atoms with Gasteiger partial charge in [0.05, 0.1) is 0 Å². The minimum atomic E-state index is -5.11. The maximum atomic E-state index is 12.8. The molecule has 138 valence electrons. The van der Waals surface area contributed by atoms with E-state index in [0.29, 0.717) is 37.0 Å². The fraction of sp³-hybridized carbons (Fsp3) is 0.929. The summed E-state index contributed by atoms with van der Waals surface area (Å²) in [6, 6.07) is 0. The molecule has 6 nitrogen and oxygen atoms in total. The van der Waals surface area contributed by atoms with Gasteiger partial charge in [0.1, 0.15) is 11.4 Å². The lowest BCUT2D eigenvalue weighted by Gasteiger charge is -2.55. The molecule has 4 bridgehead atoms. The highest BCUT2D eigenvalue weighted by Crippen LogP contribution is 2.57. The van der Waals surface area contributed by atoms with Crippen molar-refractivity contribution >= 4 is 16.3 Å². The Morgan fingerprint density at radius 3 is 1.96 bits per heavy atom. The van der Waals surface area contributed by atoms with Crippen LogP contribution < -0.4 is 0 Å². The van der Waals surface area contributed by atoms with Gasteiger partial charge in [0.15, 0.2) is 0 Å². The second kappa shape index (κ2) is 5.76. The molecule has 1 atom stereocenters. The largest absolute Gasteiger partial charge is 0.509 e. The highest BCUT2D eigenvalue weighted by Gasteiger charge is 2.54. The molecule has 1 N–H and O–H groups in total. The van der Waals surface area contributed by atoms with Crippen LogP contribution in [-0.4, -0.2) is 42.8 Å². The molecule has 4 aliphatic rings. The van der Waals surface area contributed by atoms with E-state index < -0.39 is 39.9 Å². The van der Waals surface area contributed by atoms with Crippen molar-refractivity contribution in [1.82, 2.24) is 0 Å². The van der Waals surface area contributed by atoms with Crippen molar-refractivity contribution in [3.05, 3.63) is 0 Å². The van der Waals surface area contributed by atoms with Gasteiger partial charge in [0.2, 0.25) is 6.10 Å². The first kappa shape index (κ1) is 17.8. The number of rotatable bonds is 4. The molecule has 0 spiro atoms. The Bertz CT molecular complexity index is 579. The van der Waals surface area contributed by atoms with Crippen molar-refractivity contribution in [3.8, 4) is 0 Å². The van der Waals surface area contributed by atoms with Gasteiger partial charge < -0.3 is 9.47 Å². The van der Waals surface area contributed by atoms with E-state index in [0.717, 1.165) is 19.3 Å². The van der Waals surface area contributed by atoms with Crippen molar-refractivity contribution in [3.63, 3.8) is 0 Å². The second-order valence-corrected chi connectivity index (χ2v) is 8.85. The number of ether oxygens (including phenoxy) is 2. The molecule has 1 unspecified atom stereocenters. The van der Waals surface area contributed by atoms with E-state index in [1.165, 1.54) is 0 Å². The fourth-order valence-electron chi connectivity index (χ4n) is 4.86. The normalized spacial score (nSPS) is 36.4. The second-order valence-electron chi connectivity index (χ2n) is 7.35. The Morgan fingerprint density at radius 1 is 1.12 bits per heavy atom. The van der Waals surface area contributed by atoms with Crippen molar-refractivity contribution < 1.29 is 40.4 Å². The van der Waals surface area contributed by atoms with Gasteiger partial charge in [0.25, 0.3) is 10.1 Å². The molecule has 4 saturated carbocycles. The lowest BCUT2D eigenvalue weighted by molar-refractivity contribution is -0.212. The average molecular weight is 372 g/mol. The minimum Gasteiger partial charge on any atom is -0.428 e. The monoisotopic (exact) mass is 372 g/mol. The molecular weight excluding hydrogens is 353 g/mol.